The molecule has 1 aromatic heterocycles. The molecular formula is C24H26N2O3. The van der Waals surface area contributed by atoms with Crippen molar-refractivity contribution in [1.29, 1.82) is 0 Å². The van der Waals surface area contributed by atoms with Crippen LogP contribution in [0.1, 0.15) is 34.5 Å². The van der Waals surface area contributed by atoms with Crippen LogP contribution in [-0.4, -0.2) is 29.9 Å². The molecule has 0 radical (unpaired) electrons. The van der Waals surface area contributed by atoms with Crippen molar-refractivity contribution in [2.24, 2.45) is 0 Å². The molecule has 0 atom stereocenters. The van der Waals surface area contributed by atoms with Crippen LogP contribution in [0.15, 0.2) is 77.4 Å². The number of likely N-dealkylation sites (tertiary alicyclic amines) is 1. The van der Waals surface area contributed by atoms with Crippen LogP contribution in [0.2, 0.25) is 0 Å². The molecule has 1 fully saturated rings. The number of nitrogens with one attached hydrogen (secondary N) is 1. The van der Waals surface area contributed by atoms with Crippen LogP contribution in [0.4, 0.5) is 0 Å². The summed E-state index contributed by atoms with van der Waals surface area (Å²) in [5.74, 6) is 0.946. The first kappa shape index (κ1) is 19.3. The third-order valence-corrected chi connectivity index (χ3v) is 5.26. The largest absolute Gasteiger partial charge is 0.489 e. The van der Waals surface area contributed by atoms with Crippen LogP contribution >= 0.6 is 0 Å². The first-order valence-electron chi connectivity index (χ1n) is 10.1. The fraction of sp³-hybridized carbons (Fsp3) is 0.292. The Labute approximate surface area is 171 Å². The Morgan fingerprint density at radius 3 is 2.41 bits per heavy atom. The Bertz CT molecular complexity index is 900. The maximum Gasteiger partial charge on any atom is 0.287 e. The minimum atomic E-state index is -0.164. The summed E-state index contributed by atoms with van der Waals surface area (Å²) in [5, 5.41) is 3.13. The van der Waals surface area contributed by atoms with E-state index in [2.05, 4.69) is 34.5 Å². The normalized spacial score (nSPS) is 15.2. The van der Waals surface area contributed by atoms with Gasteiger partial charge in [0, 0.05) is 31.2 Å². The molecule has 1 amide bonds. The van der Waals surface area contributed by atoms with Gasteiger partial charge in [-0.15, -0.1) is 0 Å². The number of piperidine rings is 1. The van der Waals surface area contributed by atoms with E-state index in [1.165, 1.54) is 5.56 Å². The number of amides is 1. The Morgan fingerprint density at radius 2 is 1.69 bits per heavy atom. The maximum atomic E-state index is 12.7. The molecule has 0 unspecified atom stereocenters. The van der Waals surface area contributed by atoms with Crippen molar-refractivity contribution in [2.75, 3.05) is 13.1 Å². The van der Waals surface area contributed by atoms with Crippen LogP contribution < -0.4 is 10.1 Å². The molecule has 0 bridgehead atoms. The van der Waals surface area contributed by atoms with Gasteiger partial charge in [0.15, 0.2) is 5.76 Å². The first-order chi connectivity index (χ1) is 14.3. The number of ether oxygens (including phenoxy) is 1. The lowest BCUT2D eigenvalue weighted by Crippen LogP contribution is -2.44. The zero-order valence-electron chi connectivity index (χ0n) is 16.4. The summed E-state index contributed by atoms with van der Waals surface area (Å²) in [6.07, 6.45) is 3.42. The van der Waals surface area contributed by atoms with E-state index < -0.39 is 0 Å². The second-order valence-corrected chi connectivity index (χ2v) is 7.39. The molecule has 0 saturated carbocycles. The molecule has 5 heteroatoms. The summed E-state index contributed by atoms with van der Waals surface area (Å²) >= 11 is 0. The van der Waals surface area contributed by atoms with E-state index in [1.807, 2.05) is 36.4 Å². The Morgan fingerprint density at radius 1 is 1.00 bits per heavy atom. The maximum absolute atomic E-state index is 12.7. The number of carbonyl (C=O) groups excluding carboxylic acids is 1. The summed E-state index contributed by atoms with van der Waals surface area (Å²) < 4.78 is 11.2. The highest BCUT2D eigenvalue weighted by atomic mass is 16.5. The molecule has 1 N–H and O–H groups in total. The van der Waals surface area contributed by atoms with Gasteiger partial charge in [-0.25, -0.2) is 0 Å². The molecule has 3 aromatic rings. The zero-order valence-corrected chi connectivity index (χ0v) is 16.4. The second kappa shape index (κ2) is 9.43. The molecule has 0 aliphatic carbocycles. The van der Waals surface area contributed by atoms with Crippen LogP contribution in [0.25, 0.3) is 0 Å². The van der Waals surface area contributed by atoms with Crippen LogP contribution in [0.5, 0.6) is 5.75 Å². The van der Waals surface area contributed by atoms with Crippen molar-refractivity contribution >= 4 is 5.91 Å². The Hall–Kier alpha value is -3.05. The third kappa shape index (κ3) is 5.27. The number of carbonyl (C=O) groups is 1. The smallest absolute Gasteiger partial charge is 0.287 e. The van der Waals surface area contributed by atoms with E-state index in [-0.39, 0.29) is 11.9 Å². The molecule has 2 aromatic carbocycles. The van der Waals surface area contributed by atoms with Crippen molar-refractivity contribution in [3.8, 4) is 5.75 Å². The van der Waals surface area contributed by atoms with E-state index in [0.717, 1.165) is 43.8 Å². The summed E-state index contributed by atoms with van der Waals surface area (Å²) in [6.45, 7) is 3.21. The molecule has 4 rings (SSSR count). The van der Waals surface area contributed by atoms with Gasteiger partial charge in [-0.05, 0) is 36.6 Å². The third-order valence-electron chi connectivity index (χ3n) is 5.26. The fourth-order valence-corrected chi connectivity index (χ4v) is 3.65. The van der Waals surface area contributed by atoms with E-state index in [9.17, 15) is 4.79 Å². The Balaban J connectivity index is 1.26. The number of benzene rings is 2. The van der Waals surface area contributed by atoms with Gasteiger partial charge in [0.2, 0.25) is 0 Å². The number of hydrogen-bond acceptors (Lipinski definition) is 4. The van der Waals surface area contributed by atoms with Crippen molar-refractivity contribution in [3.63, 3.8) is 0 Å². The van der Waals surface area contributed by atoms with E-state index in [1.54, 1.807) is 12.3 Å². The lowest BCUT2D eigenvalue weighted by Gasteiger charge is -2.32. The topological polar surface area (TPSA) is 54.7 Å². The van der Waals surface area contributed by atoms with Crippen molar-refractivity contribution in [1.82, 2.24) is 10.2 Å². The van der Waals surface area contributed by atoms with E-state index in [0.29, 0.717) is 12.4 Å². The number of nitrogens with zero attached hydrogens (tertiary/aromatic N) is 1. The predicted molar refractivity (Wildman–Crippen MR) is 112 cm³/mol. The van der Waals surface area contributed by atoms with Gasteiger partial charge in [-0.1, -0.05) is 48.5 Å². The second-order valence-electron chi connectivity index (χ2n) is 7.39. The summed E-state index contributed by atoms with van der Waals surface area (Å²) in [6, 6.07) is 22.0. The lowest BCUT2D eigenvalue weighted by molar-refractivity contribution is 0.0877. The van der Waals surface area contributed by atoms with Gasteiger partial charge in [-0.3, -0.25) is 9.69 Å². The number of furan rings is 1. The Kier molecular flexibility index (Phi) is 6.27. The molecule has 0 spiro atoms. The zero-order chi connectivity index (χ0) is 19.9. The van der Waals surface area contributed by atoms with Crippen molar-refractivity contribution in [2.45, 2.75) is 32.0 Å². The van der Waals surface area contributed by atoms with Gasteiger partial charge < -0.3 is 14.5 Å². The van der Waals surface area contributed by atoms with Crippen LogP contribution in [-0.2, 0) is 13.2 Å². The standard InChI is InChI=1S/C24H26N2O3/c27-24(23-20(13-16-28-23)18-29-22-9-5-2-6-10-22)25-21-11-14-26(15-12-21)17-19-7-3-1-4-8-19/h1-10,13,16,21H,11-12,14-15,17-18H2,(H,25,27). The summed E-state index contributed by atoms with van der Waals surface area (Å²) in [4.78, 5) is 15.1. The molecule has 150 valence electrons. The molecule has 29 heavy (non-hydrogen) atoms. The molecule has 1 aliphatic rings. The number of para-hydroxylation sites is 1. The molecule has 1 saturated heterocycles. The van der Waals surface area contributed by atoms with E-state index >= 15 is 0 Å². The molecule has 2 heterocycles. The van der Waals surface area contributed by atoms with Crippen LogP contribution in [0.3, 0.4) is 0 Å². The molecular weight excluding hydrogens is 364 g/mol. The quantitative estimate of drug-likeness (QED) is 0.655. The molecule has 5 nitrogen and oxygen atoms in total. The highest BCUT2D eigenvalue weighted by Crippen LogP contribution is 2.18. The van der Waals surface area contributed by atoms with Crippen molar-refractivity contribution in [3.05, 3.63) is 89.9 Å². The highest BCUT2D eigenvalue weighted by molar-refractivity contribution is 5.93. The first-order valence-corrected chi connectivity index (χ1v) is 10.1. The van der Waals surface area contributed by atoms with Crippen LogP contribution in [0, 0.1) is 0 Å². The molecule has 1 aliphatic heterocycles. The van der Waals surface area contributed by atoms with E-state index in [4.69, 9.17) is 9.15 Å². The van der Waals surface area contributed by atoms with Gasteiger partial charge in [0.05, 0.1) is 6.26 Å². The van der Waals surface area contributed by atoms with Gasteiger partial charge in [0.25, 0.3) is 5.91 Å². The van der Waals surface area contributed by atoms with Gasteiger partial charge in [-0.2, -0.15) is 0 Å². The summed E-state index contributed by atoms with van der Waals surface area (Å²) in [5.41, 5.74) is 2.08. The summed E-state index contributed by atoms with van der Waals surface area (Å²) in [7, 11) is 0. The van der Waals surface area contributed by atoms with Gasteiger partial charge >= 0.3 is 0 Å². The average Bonchev–Trinajstić information content (AvgIpc) is 3.24. The van der Waals surface area contributed by atoms with Crippen molar-refractivity contribution < 1.29 is 13.9 Å². The minimum absolute atomic E-state index is 0.164. The highest BCUT2D eigenvalue weighted by Gasteiger charge is 2.23. The lowest BCUT2D eigenvalue weighted by atomic mass is 10.0. The number of hydrogen-bond donors (Lipinski definition) is 1. The minimum Gasteiger partial charge on any atom is -0.489 e. The predicted octanol–water partition coefficient (Wildman–Crippen LogP) is 4.25. The number of rotatable bonds is 7. The SMILES string of the molecule is O=C(NC1CCN(Cc2ccccc2)CC1)c1occc1COc1ccccc1. The van der Waals surface area contributed by atoms with Gasteiger partial charge in [0.1, 0.15) is 12.4 Å². The monoisotopic (exact) mass is 390 g/mol. The fourth-order valence-electron chi connectivity index (χ4n) is 3.65. The average molecular weight is 390 g/mol.